The number of aromatic nitrogens is 2. The normalized spacial score (nSPS) is 12.2. The molecule has 0 unspecified atom stereocenters. The molecule has 0 amide bonds. The van der Waals surface area contributed by atoms with E-state index in [0.717, 1.165) is 6.26 Å². The van der Waals surface area contributed by atoms with Gasteiger partial charge in [0.15, 0.2) is 9.84 Å². The topological polar surface area (TPSA) is 129 Å². The number of nitrogens with zero attached hydrogens (tertiary/aromatic N) is 2. The molecule has 0 aliphatic rings. The Balaban J connectivity index is 2.09. The van der Waals surface area contributed by atoms with Crippen LogP contribution in [0.4, 0.5) is 5.69 Å². The minimum absolute atomic E-state index is 0.0257. The first-order valence-electron chi connectivity index (χ1n) is 8.61. The summed E-state index contributed by atoms with van der Waals surface area (Å²) in [6.07, 6.45) is 1.09. The van der Waals surface area contributed by atoms with Crippen LogP contribution >= 0.6 is 23.2 Å². The van der Waals surface area contributed by atoms with Crippen molar-refractivity contribution in [3.63, 3.8) is 0 Å². The molecule has 0 saturated heterocycles. The van der Waals surface area contributed by atoms with Gasteiger partial charge in [-0.2, -0.15) is 4.98 Å². The van der Waals surface area contributed by atoms with Crippen LogP contribution in [0.1, 0.15) is 5.82 Å². The van der Waals surface area contributed by atoms with E-state index in [1.165, 1.54) is 12.1 Å². The number of hydrogen-bond acceptors (Lipinski definition) is 8. The molecule has 31 heavy (non-hydrogen) atoms. The van der Waals surface area contributed by atoms with Gasteiger partial charge in [0.05, 0.1) is 20.6 Å². The number of aliphatic hydroxyl groups is 1. The lowest BCUT2D eigenvalue weighted by Gasteiger charge is -2.12. The number of rotatable bonds is 7. The summed E-state index contributed by atoms with van der Waals surface area (Å²) in [5.41, 5.74) is 0.390. The maximum absolute atomic E-state index is 11.8. The van der Waals surface area contributed by atoms with Gasteiger partial charge in [-0.1, -0.05) is 53.1 Å². The molecule has 0 spiro atoms. The standard InChI is InChI=1S/C20H16Cl2N4O4S/c1-11(27)17(23)16(22)18(24-15-9-4-3-8-14(15)21)19-25-20(30-26-19)12-6-5-7-13(10-12)31(2,28)29/h3-10,23-24,27H,1H2,2H3/b18-16+,23-17?. The van der Waals surface area contributed by atoms with Crippen LogP contribution in [0.2, 0.25) is 5.02 Å². The number of sulfone groups is 1. The molecule has 160 valence electrons. The van der Waals surface area contributed by atoms with Crippen molar-refractivity contribution < 1.29 is 18.0 Å². The summed E-state index contributed by atoms with van der Waals surface area (Å²) < 4.78 is 28.9. The molecule has 0 bridgehead atoms. The fourth-order valence-corrected chi connectivity index (χ4v) is 3.55. The summed E-state index contributed by atoms with van der Waals surface area (Å²) in [4.78, 5) is 4.35. The van der Waals surface area contributed by atoms with E-state index < -0.39 is 21.3 Å². The van der Waals surface area contributed by atoms with Crippen molar-refractivity contribution >= 4 is 50.1 Å². The molecule has 3 N–H and O–H groups in total. The Kier molecular flexibility index (Phi) is 6.49. The Hall–Kier alpha value is -3.14. The van der Waals surface area contributed by atoms with E-state index in [4.69, 9.17) is 33.1 Å². The molecule has 0 fully saturated rings. The minimum atomic E-state index is -3.44. The van der Waals surface area contributed by atoms with E-state index in [9.17, 15) is 13.5 Å². The van der Waals surface area contributed by atoms with Gasteiger partial charge in [0, 0.05) is 11.8 Å². The van der Waals surface area contributed by atoms with Crippen LogP contribution in [0.5, 0.6) is 0 Å². The smallest absolute Gasteiger partial charge is 0.258 e. The fourth-order valence-electron chi connectivity index (χ4n) is 2.46. The Morgan fingerprint density at radius 2 is 1.94 bits per heavy atom. The summed E-state index contributed by atoms with van der Waals surface area (Å²) in [5, 5.41) is 24.5. The monoisotopic (exact) mass is 478 g/mol. The van der Waals surface area contributed by atoms with Gasteiger partial charge in [-0.05, 0) is 30.3 Å². The SMILES string of the molecule is C=C(O)C(=N)/C(Cl)=C(\Nc1ccccc1Cl)c1noc(-c2cccc(S(C)(=O)=O)c2)n1. The second-order valence-electron chi connectivity index (χ2n) is 6.34. The second kappa shape index (κ2) is 8.93. The van der Waals surface area contributed by atoms with Gasteiger partial charge in [0.25, 0.3) is 5.89 Å². The van der Waals surface area contributed by atoms with E-state index >= 15 is 0 Å². The quantitative estimate of drug-likeness (QED) is 0.325. The zero-order valence-corrected chi connectivity index (χ0v) is 18.4. The molecule has 1 aromatic heterocycles. The van der Waals surface area contributed by atoms with Crippen LogP contribution in [0.15, 0.2) is 75.3 Å². The predicted molar refractivity (Wildman–Crippen MR) is 120 cm³/mol. The molecule has 1 heterocycles. The lowest BCUT2D eigenvalue weighted by atomic mass is 10.2. The van der Waals surface area contributed by atoms with Crippen LogP contribution in [-0.4, -0.2) is 35.6 Å². The third kappa shape index (κ3) is 5.13. The number of aliphatic hydroxyl groups excluding tert-OH is 1. The molecular weight excluding hydrogens is 463 g/mol. The van der Waals surface area contributed by atoms with Crippen molar-refractivity contribution in [3.05, 3.63) is 76.7 Å². The number of hydrogen-bond donors (Lipinski definition) is 3. The minimum Gasteiger partial charge on any atom is -0.506 e. The molecular formula is C20H16Cl2N4O4S. The van der Waals surface area contributed by atoms with E-state index in [2.05, 4.69) is 22.0 Å². The molecule has 3 aromatic rings. The first-order chi connectivity index (χ1) is 14.6. The Bertz CT molecular complexity index is 1320. The molecule has 11 heteroatoms. The molecule has 8 nitrogen and oxygen atoms in total. The molecule has 0 saturated carbocycles. The third-order valence-electron chi connectivity index (χ3n) is 4.02. The van der Waals surface area contributed by atoms with Gasteiger partial charge < -0.3 is 14.9 Å². The number of halogens is 2. The zero-order chi connectivity index (χ0) is 22.8. The summed E-state index contributed by atoms with van der Waals surface area (Å²) in [7, 11) is -3.44. The van der Waals surface area contributed by atoms with E-state index in [1.54, 1.807) is 36.4 Å². The van der Waals surface area contributed by atoms with Crippen molar-refractivity contribution in [2.24, 2.45) is 0 Å². The lowest BCUT2D eigenvalue weighted by Crippen LogP contribution is -2.09. The number of allylic oxidation sites excluding steroid dienone is 1. The van der Waals surface area contributed by atoms with Gasteiger partial charge in [-0.3, -0.25) is 5.41 Å². The summed E-state index contributed by atoms with van der Waals surface area (Å²) >= 11 is 12.5. The highest BCUT2D eigenvalue weighted by atomic mass is 35.5. The maximum Gasteiger partial charge on any atom is 0.258 e. The first kappa shape index (κ1) is 22.5. The molecule has 3 rings (SSSR count). The van der Waals surface area contributed by atoms with Crippen molar-refractivity contribution in [3.8, 4) is 11.5 Å². The largest absolute Gasteiger partial charge is 0.506 e. The van der Waals surface area contributed by atoms with Crippen molar-refractivity contribution in [1.82, 2.24) is 10.1 Å². The summed E-state index contributed by atoms with van der Waals surface area (Å²) in [6, 6.07) is 12.8. The van der Waals surface area contributed by atoms with Crippen molar-refractivity contribution in [2.45, 2.75) is 4.90 Å². The highest BCUT2D eigenvalue weighted by Gasteiger charge is 2.21. The van der Waals surface area contributed by atoms with E-state index in [-0.39, 0.29) is 27.3 Å². The number of para-hydroxylation sites is 1. The molecule has 0 atom stereocenters. The van der Waals surface area contributed by atoms with Gasteiger partial charge in [0.1, 0.15) is 17.2 Å². The van der Waals surface area contributed by atoms with Gasteiger partial charge in [-0.15, -0.1) is 0 Å². The molecule has 0 aliphatic carbocycles. The fraction of sp³-hybridized carbons (Fsp3) is 0.0500. The highest BCUT2D eigenvalue weighted by molar-refractivity contribution is 7.90. The average molecular weight is 479 g/mol. The van der Waals surface area contributed by atoms with Crippen molar-refractivity contribution in [2.75, 3.05) is 11.6 Å². The summed E-state index contributed by atoms with van der Waals surface area (Å²) in [6.45, 7) is 3.30. The molecule has 0 radical (unpaired) electrons. The van der Waals surface area contributed by atoms with Gasteiger partial charge in [-0.25, -0.2) is 8.42 Å². The van der Waals surface area contributed by atoms with Crippen LogP contribution in [0.3, 0.4) is 0 Å². The Labute approximate surface area is 188 Å². The maximum atomic E-state index is 11.8. The number of anilines is 1. The molecule has 0 aliphatic heterocycles. The van der Waals surface area contributed by atoms with Crippen molar-refractivity contribution in [1.29, 1.82) is 5.41 Å². The van der Waals surface area contributed by atoms with Crippen LogP contribution < -0.4 is 5.32 Å². The Morgan fingerprint density at radius 1 is 1.23 bits per heavy atom. The lowest BCUT2D eigenvalue weighted by molar-refractivity contribution is 0.428. The third-order valence-corrected chi connectivity index (χ3v) is 5.84. The average Bonchev–Trinajstić information content (AvgIpc) is 3.21. The van der Waals surface area contributed by atoms with Crippen LogP contribution in [0.25, 0.3) is 17.2 Å². The first-order valence-corrected chi connectivity index (χ1v) is 11.3. The van der Waals surface area contributed by atoms with Crippen LogP contribution in [-0.2, 0) is 9.84 Å². The highest BCUT2D eigenvalue weighted by Crippen LogP contribution is 2.30. The van der Waals surface area contributed by atoms with Gasteiger partial charge in [0.2, 0.25) is 5.82 Å². The van der Waals surface area contributed by atoms with Gasteiger partial charge >= 0.3 is 0 Å². The van der Waals surface area contributed by atoms with E-state index in [0.29, 0.717) is 16.3 Å². The Morgan fingerprint density at radius 3 is 2.58 bits per heavy atom. The second-order valence-corrected chi connectivity index (χ2v) is 9.14. The van der Waals surface area contributed by atoms with E-state index in [1.807, 2.05) is 0 Å². The van der Waals surface area contributed by atoms with Crippen LogP contribution in [0, 0.1) is 5.41 Å². The molecule has 2 aromatic carbocycles. The zero-order valence-electron chi connectivity index (χ0n) is 16.1. The predicted octanol–water partition coefficient (Wildman–Crippen LogP) is 4.90. The number of nitrogens with one attached hydrogen (secondary N) is 2. The number of benzene rings is 2. The summed E-state index contributed by atoms with van der Waals surface area (Å²) in [5.74, 6) is -0.582.